The summed E-state index contributed by atoms with van der Waals surface area (Å²) in [5.74, 6) is 2.29. The second kappa shape index (κ2) is 10.8. The van der Waals surface area contributed by atoms with Crippen molar-refractivity contribution in [3.63, 3.8) is 0 Å². The van der Waals surface area contributed by atoms with Crippen LogP contribution in [0.3, 0.4) is 0 Å². The summed E-state index contributed by atoms with van der Waals surface area (Å²) in [5, 5.41) is 10.8. The summed E-state index contributed by atoms with van der Waals surface area (Å²) in [4.78, 5) is 8.71. The molecule has 0 spiro atoms. The zero-order chi connectivity index (χ0) is 21.2. The topological polar surface area (TPSA) is 85.6 Å². The van der Waals surface area contributed by atoms with Gasteiger partial charge in [0, 0.05) is 24.7 Å². The first-order valence-electron chi connectivity index (χ1n) is 9.85. The normalized spacial score (nSPS) is 11.2. The van der Waals surface area contributed by atoms with E-state index in [1.165, 1.54) is 0 Å². The lowest BCUT2D eigenvalue weighted by Crippen LogP contribution is -2.36. The van der Waals surface area contributed by atoms with E-state index in [1.54, 1.807) is 31.6 Å². The lowest BCUT2D eigenvalue weighted by atomic mass is 10.1. The number of benzene rings is 2. The molecule has 0 saturated heterocycles. The number of hydrogen-bond acceptors (Lipinski definition) is 5. The molecule has 0 aliphatic heterocycles. The smallest absolute Gasteiger partial charge is 0.191 e. The molecule has 3 rings (SSSR count). The molecule has 0 radical (unpaired) electrons. The summed E-state index contributed by atoms with van der Waals surface area (Å²) in [6, 6.07) is 14.1. The second-order valence-electron chi connectivity index (χ2n) is 6.64. The fourth-order valence-corrected chi connectivity index (χ4v) is 3.02. The Hall–Kier alpha value is -3.55. The minimum Gasteiger partial charge on any atom is -0.497 e. The van der Waals surface area contributed by atoms with Gasteiger partial charge in [-0.05, 0) is 30.2 Å². The van der Waals surface area contributed by atoms with Crippen LogP contribution in [0.25, 0.3) is 0 Å². The standard InChI is InChI=1S/C22H28N6O2/c1-4-24-22(26-13-19-8-9-20(29-2)11-21(19)30-3)25-12-17-6-5-7-18(10-17)14-28-16-23-15-27-28/h5-11,15-16H,4,12-14H2,1-3H3,(H2,24,25,26). The number of methoxy groups -OCH3 is 2. The lowest BCUT2D eigenvalue weighted by Gasteiger charge is -2.14. The van der Waals surface area contributed by atoms with Crippen LogP contribution in [0, 0.1) is 0 Å². The van der Waals surface area contributed by atoms with Crippen LogP contribution < -0.4 is 20.1 Å². The number of rotatable bonds is 9. The van der Waals surface area contributed by atoms with Crippen molar-refractivity contribution in [3.05, 3.63) is 71.8 Å². The Bertz CT molecular complexity index is 956. The average Bonchev–Trinajstić information content (AvgIpc) is 3.29. The number of nitrogens with one attached hydrogen (secondary N) is 2. The molecule has 2 N–H and O–H groups in total. The number of ether oxygens (including phenoxy) is 2. The van der Waals surface area contributed by atoms with Gasteiger partial charge in [-0.2, -0.15) is 5.10 Å². The Balaban J connectivity index is 1.65. The molecule has 3 aromatic rings. The van der Waals surface area contributed by atoms with Gasteiger partial charge in [0.05, 0.1) is 27.3 Å². The first-order chi connectivity index (χ1) is 14.7. The monoisotopic (exact) mass is 408 g/mol. The SMILES string of the molecule is CCNC(=NCc1cccc(Cn2cncn2)c1)NCc1ccc(OC)cc1OC. The molecular weight excluding hydrogens is 380 g/mol. The number of aliphatic imine (C=N–C) groups is 1. The predicted octanol–water partition coefficient (Wildman–Crippen LogP) is 2.60. The molecule has 158 valence electrons. The van der Waals surface area contributed by atoms with Crippen molar-refractivity contribution in [3.8, 4) is 11.5 Å². The predicted molar refractivity (Wildman–Crippen MR) is 117 cm³/mol. The first kappa shape index (κ1) is 21.2. The van der Waals surface area contributed by atoms with Crippen LogP contribution in [0.5, 0.6) is 11.5 Å². The van der Waals surface area contributed by atoms with Gasteiger partial charge in [-0.15, -0.1) is 0 Å². The van der Waals surface area contributed by atoms with E-state index in [-0.39, 0.29) is 0 Å². The summed E-state index contributed by atoms with van der Waals surface area (Å²) in [6.07, 6.45) is 3.26. The van der Waals surface area contributed by atoms with Crippen molar-refractivity contribution in [1.82, 2.24) is 25.4 Å². The molecule has 1 heterocycles. The van der Waals surface area contributed by atoms with E-state index >= 15 is 0 Å². The molecule has 0 aliphatic rings. The van der Waals surface area contributed by atoms with E-state index in [9.17, 15) is 0 Å². The number of aromatic nitrogens is 3. The van der Waals surface area contributed by atoms with Gasteiger partial charge in [-0.3, -0.25) is 0 Å². The Morgan fingerprint density at radius 1 is 1.07 bits per heavy atom. The first-order valence-corrected chi connectivity index (χ1v) is 9.85. The Morgan fingerprint density at radius 2 is 1.93 bits per heavy atom. The third-order valence-corrected chi connectivity index (χ3v) is 4.51. The van der Waals surface area contributed by atoms with E-state index < -0.39 is 0 Å². The van der Waals surface area contributed by atoms with Gasteiger partial charge in [0.15, 0.2) is 5.96 Å². The molecule has 1 aromatic heterocycles. The van der Waals surface area contributed by atoms with Crippen molar-refractivity contribution < 1.29 is 9.47 Å². The number of nitrogens with zero attached hydrogens (tertiary/aromatic N) is 4. The minimum atomic E-state index is 0.570. The van der Waals surface area contributed by atoms with Crippen molar-refractivity contribution in [2.75, 3.05) is 20.8 Å². The molecule has 2 aromatic carbocycles. The molecular formula is C22H28N6O2. The average molecular weight is 409 g/mol. The minimum absolute atomic E-state index is 0.570. The molecule has 8 heteroatoms. The van der Waals surface area contributed by atoms with E-state index in [0.717, 1.165) is 40.7 Å². The van der Waals surface area contributed by atoms with Crippen molar-refractivity contribution in [2.45, 2.75) is 26.6 Å². The second-order valence-corrected chi connectivity index (χ2v) is 6.64. The van der Waals surface area contributed by atoms with Gasteiger partial charge >= 0.3 is 0 Å². The third-order valence-electron chi connectivity index (χ3n) is 4.51. The maximum Gasteiger partial charge on any atom is 0.191 e. The highest BCUT2D eigenvalue weighted by Gasteiger charge is 2.06. The van der Waals surface area contributed by atoms with Gasteiger partial charge in [0.25, 0.3) is 0 Å². The fraction of sp³-hybridized carbons (Fsp3) is 0.318. The van der Waals surface area contributed by atoms with Gasteiger partial charge < -0.3 is 20.1 Å². The van der Waals surface area contributed by atoms with Crippen LogP contribution in [0.2, 0.25) is 0 Å². The quantitative estimate of drug-likeness (QED) is 0.418. The van der Waals surface area contributed by atoms with Crippen molar-refractivity contribution >= 4 is 5.96 Å². The molecule has 0 amide bonds. The largest absolute Gasteiger partial charge is 0.497 e. The molecule has 0 saturated carbocycles. The van der Waals surface area contributed by atoms with Crippen LogP contribution in [0.1, 0.15) is 23.6 Å². The summed E-state index contributed by atoms with van der Waals surface area (Å²) in [6.45, 7) is 4.67. The molecule has 0 unspecified atom stereocenters. The van der Waals surface area contributed by atoms with Crippen LogP contribution in [0.4, 0.5) is 0 Å². The van der Waals surface area contributed by atoms with E-state index in [1.807, 2.05) is 31.2 Å². The van der Waals surface area contributed by atoms with E-state index in [0.29, 0.717) is 19.6 Å². The Kier molecular flexibility index (Phi) is 7.65. The number of guanidine groups is 1. The highest BCUT2D eigenvalue weighted by atomic mass is 16.5. The maximum absolute atomic E-state index is 5.47. The third kappa shape index (κ3) is 5.97. The van der Waals surface area contributed by atoms with Crippen LogP contribution in [-0.4, -0.2) is 41.5 Å². The maximum atomic E-state index is 5.47. The molecule has 0 aliphatic carbocycles. The highest BCUT2D eigenvalue weighted by Crippen LogP contribution is 2.24. The number of hydrogen-bond donors (Lipinski definition) is 2. The van der Waals surface area contributed by atoms with E-state index in [4.69, 9.17) is 14.5 Å². The Labute approximate surface area is 177 Å². The molecule has 0 fully saturated rings. The fourth-order valence-electron chi connectivity index (χ4n) is 3.02. The van der Waals surface area contributed by atoms with Crippen molar-refractivity contribution in [1.29, 1.82) is 0 Å². The Morgan fingerprint density at radius 3 is 2.67 bits per heavy atom. The van der Waals surface area contributed by atoms with Crippen LogP contribution in [-0.2, 0) is 19.6 Å². The van der Waals surface area contributed by atoms with E-state index in [2.05, 4.69) is 38.9 Å². The zero-order valence-corrected chi connectivity index (χ0v) is 17.6. The summed E-state index contributed by atoms with van der Waals surface area (Å²) in [7, 11) is 3.30. The van der Waals surface area contributed by atoms with Crippen molar-refractivity contribution in [2.24, 2.45) is 4.99 Å². The van der Waals surface area contributed by atoms with Gasteiger partial charge in [0.1, 0.15) is 24.2 Å². The zero-order valence-electron chi connectivity index (χ0n) is 17.6. The van der Waals surface area contributed by atoms with Crippen LogP contribution in [0.15, 0.2) is 60.1 Å². The molecule has 0 bridgehead atoms. The molecule has 30 heavy (non-hydrogen) atoms. The van der Waals surface area contributed by atoms with Gasteiger partial charge in [-0.1, -0.05) is 24.3 Å². The van der Waals surface area contributed by atoms with Gasteiger partial charge in [0.2, 0.25) is 0 Å². The molecule has 8 nitrogen and oxygen atoms in total. The summed E-state index contributed by atoms with van der Waals surface area (Å²) in [5.41, 5.74) is 3.32. The lowest BCUT2D eigenvalue weighted by molar-refractivity contribution is 0.390. The van der Waals surface area contributed by atoms with Gasteiger partial charge in [-0.25, -0.2) is 14.7 Å². The van der Waals surface area contributed by atoms with Crippen LogP contribution >= 0.6 is 0 Å². The summed E-state index contributed by atoms with van der Waals surface area (Å²) >= 11 is 0. The highest BCUT2D eigenvalue weighted by molar-refractivity contribution is 5.79. The molecule has 0 atom stereocenters. The summed E-state index contributed by atoms with van der Waals surface area (Å²) < 4.78 is 12.5.